The van der Waals surface area contributed by atoms with Crippen LogP contribution in [0.25, 0.3) is 0 Å². The number of halogens is 1. The molecule has 4 rings (SSSR count). The number of esters is 1. The molecular formula is C50H65ClO10. The molecule has 0 saturated carbocycles. The second-order valence-electron chi connectivity index (χ2n) is 17.2. The van der Waals surface area contributed by atoms with Gasteiger partial charge in [-0.3, -0.25) is 14.4 Å². The van der Waals surface area contributed by atoms with Gasteiger partial charge in [-0.1, -0.05) is 35.9 Å². The predicted octanol–water partition coefficient (Wildman–Crippen LogP) is 11.8. The summed E-state index contributed by atoms with van der Waals surface area (Å²) in [6.07, 6.45) is 2.51. The summed E-state index contributed by atoms with van der Waals surface area (Å²) in [6.45, 7) is 23.0. The number of carbonyl (C=O) groups is 4. The Hall–Kier alpha value is -5.35. The van der Waals surface area contributed by atoms with Crippen LogP contribution in [0.3, 0.4) is 0 Å². The zero-order chi connectivity index (χ0) is 46.1. The Morgan fingerprint density at radius 2 is 1.00 bits per heavy atom. The molecule has 0 aromatic heterocycles. The summed E-state index contributed by atoms with van der Waals surface area (Å²) in [5, 5.41) is 18.6. The van der Waals surface area contributed by atoms with Gasteiger partial charge in [0, 0.05) is 16.1 Å². The summed E-state index contributed by atoms with van der Waals surface area (Å²) in [7, 11) is 0. The van der Waals surface area contributed by atoms with Crippen molar-refractivity contribution >= 4 is 35.3 Å². The van der Waals surface area contributed by atoms with Gasteiger partial charge in [0.05, 0.1) is 30.1 Å². The lowest BCUT2D eigenvalue weighted by molar-refractivity contribution is -0.163. The van der Waals surface area contributed by atoms with Crippen LogP contribution in [0, 0.1) is 38.5 Å². The van der Waals surface area contributed by atoms with E-state index in [-0.39, 0.29) is 11.9 Å². The molecule has 332 valence electrons. The van der Waals surface area contributed by atoms with Crippen LogP contribution >= 0.6 is 11.6 Å². The SMILES string of the molecule is CC(C)OC(=O)C(C)(C)Oc1ccc(C(=O)c2ccc(Cl)cc2)cc1.Cc1ccc(C)c(OCCCC(C)(C)C(=O)O)c1.Cc1ccc(C)c(OCCCC(C)(C)C(=O)O)c1. The van der Waals surface area contributed by atoms with E-state index in [9.17, 15) is 19.2 Å². The van der Waals surface area contributed by atoms with Gasteiger partial charge in [0.1, 0.15) is 17.2 Å². The van der Waals surface area contributed by atoms with E-state index < -0.39 is 34.3 Å². The third-order valence-electron chi connectivity index (χ3n) is 9.68. The maximum atomic E-state index is 12.4. The van der Waals surface area contributed by atoms with Crippen molar-refractivity contribution in [1.29, 1.82) is 0 Å². The summed E-state index contributed by atoms with van der Waals surface area (Å²) in [5.74, 6) is 0.207. The van der Waals surface area contributed by atoms with Gasteiger partial charge in [0.25, 0.3) is 0 Å². The highest BCUT2D eigenvalue weighted by Gasteiger charge is 2.32. The Kier molecular flexibility index (Phi) is 20.0. The Morgan fingerprint density at radius 3 is 1.38 bits per heavy atom. The first-order valence-electron chi connectivity index (χ1n) is 20.5. The molecule has 0 bridgehead atoms. The minimum absolute atomic E-state index is 0.110. The molecule has 0 aliphatic carbocycles. The molecule has 0 aliphatic heterocycles. The molecular weight excluding hydrogens is 796 g/mol. The van der Waals surface area contributed by atoms with Gasteiger partial charge in [-0.2, -0.15) is 0 Å². The van der Waals surface area contributed by atoms with Crippen molar-refractivity contribution in [1.82, 2.24) is 0 Å². The fourth-order valence-corrected chi connectivity index (χ4v) is 5.59. The molecule has 0 aliphatic rings. The van der Waals surface area contributed by atoms with E-state index in [1.807, 2.05) is 52.0 Å². The molecule has 11 heteroatoms. The van der Waals surface area contributed by atoms with Crippen LogP contribution in [0.15, 0.2) is 84.9 Å². The number of aliphatic carboxylic acids is 2. The molecule has 0 saturated heterocycles. The highest BCUT2D eigenvalue weighted by molar-refractivity contribution is 6.30. The van der Waals surface area contributed by atoms with Crippen molar-refractivity contribution in [2.75, 3.05) is 13.2 Å². The fraction of sp³-hybridized carbons (Fsp3) is 0.440. The molecule has 2 N–H and O–H groups in total. The zero-order valence-electron chi connectivity index (χ0n) is 37.9. The summed E-state index contributed by atoms with van der Waals surface area (Å²) in [6, 6.07) is 25.6. The van der Waals surface area contributed by atoms with Crippen LogP contribution in [0.5, 0.6) is 17.2 Å². The van der Waals surface area contributed by atoms with Gasteiger partial charge in [-0.25, -0.2) is 4.79 Å². The third kappa shape index (κ3) is 18.0. The fourth-order valence-electron chi connectivity index (χ4n) is 5.47. The summed E-state index contributed by atoms with van der Waals surface area (Å²) in [5.41, 5.74) is 3.16. The standard InChI is InChI=1S/C20H21ClO4.2C15H22O3/c1-13(2)24-19(23)20(3,4)25-17-11-7-15(8-12-17)18(22)14-5-9-16(21)10-6-14;2*1-11-6-7-12(2)13(10-11)18-9-5-8-15(3,4)14(16)17/h5-13H,1-4H3;2*6-7,10H,5,8-9H2,1-4H3,(H,16,17). The lowest BCUT2D eigenvalue weighted by Crippen LogP contribution is -2.40. The number of benzene rings is 4. The van der Waals surface area contributed by atoms with Crippen LogP contribution < -0.4 is 14.2 Å². The van der Waals surface area contributed by atoms with E-state index in [4.69, 9.17) is 40.8 Å². The lowest BCUT2D eigenvalue weighted by Gasteiger charge is -2.25. The molecule has 0 atom stereocenters. The number of carbonyl (C=O) groups excluding carboxylic acids is 2. The average Bonchev–Trinajstić information content (AvgIpc) is 3.18. The van der Waals surface area contributed by atoms with Crippen LogP contribution in [-0.4, -0.2) is 58.8 Å². The summed E-state index contributed by atoms with van der Waals surface area (Å²) in [4.78, 5) is 46.4. The molecule has 0 amide bonds. The van der Waals surface area contributed by atoms with E-state index in [0.29, 0.717) is 48.0 Å². The topological polar surface area (TPSA) is 146 Å². The van der Waals surface area contributed by atoms with Crippen LogP contribution in [0.4, 0.5) is 0 Å². The Bertz CT molecular complexity index is 1970. The molecule has 0 spiro atoms. The highest BCUT2D eigenvalue weighted by atomic mass is 35.5. The van der Waals surface area contributed by atoms with E-state index in [2.05, 4.69) is 12.1 Å². The number of rotatable bonds is 18. The number of carboxylic acids is 2. The van der Waals surface area contributed by atoms with Crippen molar-refractivity contribution in [3.05, 3.63) is 123 Å². The Labute approximate surface area is 367 Å². The number of ketones is 1. The molecule has 0 heterocycles. The van der Waals surface area contributed by atoms with Gasteiger partial charge in [-0.05, 0) is 192 Å². The molecule has 0 radical (unpaired) electrons. The minimum atomic E-state index is -1.12. The number of hydrogen-bond acceptors (Lipinski definition) is 8. The largest absolute Gasteiger partial charge is 0.493 e. The Morgan fingerprint density at radius 1 is 0.607 bits per heavy atom. The zero-order valence-corrected chi connectivity index (χ0v) is 38.7. The van der Waals surface area contributed by atoms with Gasteiger partial charge < -0.3 is 29.2 Å². The minimum Gasteiger partial charge on any atom is -0.493 e. The van der Waals surface area contributed by atoms with Crippen molar-refractivity contribution in [2.45, 2.75) is 120 Å². The summed E-state index contributed by atoms with van der Waals surface area (Å²) >= 11 is 5.84. The third-order valence-corrected chi connectivity index (χ3v) is 9.93. The van der Waals surface area contributed by atoms with Crippen LogP contribution in [0.2, 0.25) is 5.02 Å². The van der Waals surface area contributed by atoms with Gasteiger partial charge in [-0.15, -0.1) is 0 Å². The molecule has 61 heavy (non-hydrogen) atoms. The normalized spacial score (nSPS) is 11.3. The van der Waals surface area contributed by atoms with Crippen LogP contribution in [0.1, 0.15) is 119 Å². The van der Waals surface area contributed by atoms with E-state index in [1.165, 1.54) is 11.1 Å². The van der Waals surface area contributed by atoms with Gasteiger partial charge in [0.15, 0.2) is 11.4 Å². The van der Waals surface area contributed by atoms with Crippen molar-refractivity contribution < 1.29 is 48.3 Å². The average molecular weight is 862 g/mol. The maximum Gasteiger partial charge on any atom is 0.350 e. The number of carboxylic acid groups (broad SMARTS) is 2. The van der Waals surface area contributed by atoms with Gasteiger partial charge in [0.2, 0.25) is 0 Å². The van der Waals surface area contributed by atoms with E-state index >= 15 is 0 Å². The van der Waals surface area contributed by atoms with E-state index in [1.54, 1.807) is 104 Å². The number of hydrogen-bond donors (Lipinski definition) is 2. The highest BCUT2D eigenvalue weighted by Crippen LogP contribution is 2.26. The molecule has 4 aromatic carbocycles. The molecule has 10 nitrogen and oxygen atoms in total. The second kappa shape index (κ2) is 23.6. The first-order valence-corrected chi connectivity index (χ1v) is 20.9. The van der Waals surface area contributed by atoms with E-state index in [0.717, 1.165) is 35.5 Å². The van der Waals surface area contributed by atoms with Crippen molar-refractivity contribution in [3.63, 3.8) is 0 Å². The van der Waals surface area contributed by atoms with Crippen LogP contribution in [-0.2, 0) is 19.1 Å². The quantitative estimate of drug-likeness (QED) is 0.0563. The smallest absolute Gasteiger partial charge is 0.350 e. The second-order valence-corrected chi connectivity index (χ2v) is 17.7. The Balaban J connectivity index is 0.000000322. The number of aryl methyl sites for hydroxylation is 4. The molecule has 0 fully saturated rings. The first kappa shape index (κ1) is 51.8. The molecule has 4 aromatic rings. The van der Waals surface area contributed by atoms with Crippen molar-refractivity contribution in [3.8, 4) is 17.2 Å². The summed E-state index contributed by atoms with van der Waals surface area (Å²) < 4.78 is 22.3. The lowest BCUT2D eigenvalue weighted by atomic mass is 9.88. The first-order chi connectivity index (χ1) is 28.3. The molecule has 0 unspecified atom stereocenters. The predicted molar refractivity (Wildman–Crippen MR) is 241 cm³/mol. The van der Waals surface area contributed by atoms with Gasteiger partial charge >= 0.3 is 17.9 Å². The maximum absolute atomic E-state index is 12.4. The monoisotopic (exact) mass is 860 g/mol. The number of ether oxygens (including phenoxy) is 4. The van der Waals surface area contributed by atoms with Crippen molar-refractivity contribution in [2.24, 2.45) is 10.8 Å².